The summed E-state index contributed by atoms with van der Waals surface area (Å²) in [5.41, 5.74) is 0.459. The average Bonchev–Trinajstić information content (AvgIpc) is 2.27. The van der Waals surface area contributed by atoms with Crippen molar-refractivity contribution in [2.75, 3.05) is 0 Å². The highest BCUT2D eigenvalue weighted by molar-refractivity contribution is 5.94. The summed E-state index contributed by atoms with van der Waals surface area (Å²) < 4.78 is 0. The second-order valence-electron chi connectivity index (χ2n) is 2.80. The molecule has 0 saturated heterocycles. The number of nitrogens with zero attached hydrogens (tertiary/aromatic N) is 1. The number of rotatable bonds is 4. The number of carbonyl (C=O) groups excluding carboxylic acids is 2. The molecule has 5 heteroatoms. The molecule has 1 aromatic rings. The fraction of sp³-hybridized carbons (Fsp3) is 0. The van der Waals surface area contributed by atoms with E-state index in [9.17, 15) is 14.4 Å². The smallest absolute Gasteiger partial charge is 0.335 e. The van der Waals surface area contributed by atoms with Gasteiger partial charge < -0.3 is 5.11 Å². The molecule has 0 heterocycles. The molecule has 0 spiro atoms. The van der Waals surface area contributed by atoms with Crippen molar-refractivity contribution in [3.63, 3.8) is 0 Å². The van der Waals surface area contributed by atoms with Crippen LogP contribution in [0.5, 0.6) is 0 Å². The maximum absolute atomic E-state index is 11.1. The molecule has 1 radical (unpaired) electrons. The van der Waals surface area contributed by atoms with Crippen LogP contribution in [0.1, 0.15) is 10.4 Å². The highest BCUT2D eigenvalue weighted by Crippen LogP contribution is 2.09. The molecule has 81 valence electrons. The standard InChI is InChI=1S/C11H8NO4/c13-7-1-2-10(14)12-9-5-3-8(4-6-9)11(15)16/h1-7H,(H,15,16)/b2-1-. The summed E-state index contributed by atoms with van der Waals surface area (Å²) in [5.74, 6) is -1.62. The second-order valence-corrected chi connectivity index (χ2v) is 2.80. The van der Waals surface area contributed by atoms with Gasteiger partial charge in [0.2, 0.25) is 0 Å². The van der Waals surface area contributed by atoms with E-state index in [2.05, 4.69) is 5.32 Å². The molecule has 1 N–H and O–H groups in total. The van der Waals surface area contributed by atoms with Crippen molar-refractivity contribution in [2.24, 2.45) is 0 Å². The highest BCUT2D eigenvalue weighted by atomic mass is 16.4. The van der Waals surface area contributed by atoms with Gasteiger partial charge in [0.25, 0.3) is 5.91 Å². The first-order chi connectivity index (χ1) is 7.63. The minimum absolute atomic E-state index is 0.120. The number of allylic oxidation sites excluding steroid dienone is 1. The first kappa shape index (κ1) is 11.6. The van der Waals surface area contributed by atoms with E-state index in [1.165, 1.54) is 24.3 Å². The van der Waals surface area contributed by atoms with Gasteiger partial charge in [0, 0.05) is 6.08 Å². The van der Waals surface area contributed by atoms with Gasteiger partial charge in [-0.1, -0.05) is 0 Å². The Bertz CT molecular complexity index is 434. The Morgan fingerprint density at radius 3 is 2.31 bits per heavy atom. The number of benzene rings is 1. The van der Waals surface area contributed by atoms with Gasteiger partial charge in [-0.3, -0.25) is 9.59 Å². The summed E-state index contributed by atoms with van der Waals surface area (Å²) in [5, 5.41) is 12.2. The number of carbonyl (C=O) groups is 3. The van der Waals surface area contributed by atoms with Crippen molar-refractivity contribution in [3.8, 4) is 0 Å². The molecule has 1 rings (SSSR count). The molecule has 0 aromatic heterocycles. The van der Waals surface area contributed by atoms with E-state index in [1.54, 1.807) is 0 Å². The molecule has 0 aliphatic rings. The first-order valence-electron chi connectivity index (χ1n) is 4.34. The van der Waals surface area contributed by atoms with E-state index in [4.69, 9.17) is 5.11 Å². The summed E-state index contributed by atoms with van der Waals surface area (Å²) in [6, 6.07) is 5.52. The lowest BCUT2D eigenvalue weighted by molar-refractivity contribution is -0.116. The Morgan fingerprint density at radius 1 is 1.19 bits per heavy atom. The van der Waals surface area contributed by atoms with Crippen LogP contribution in [-0.4, -0.2) is 23.3 Å². The molecule has 5 nitrogen and oxygen atoms in total. The van der Waals surface area contributed by atoms with Gasteiger partial charge >= 0.3 is 5.97 Å². The second kappa shape index (κ2) is 5.45. The van der Waals surface area contributed by atoms with Crippen LogP contribution in [0.15, 0.2) is 36.4 Å². The van der Waals surface area contributed by atoms with Crippen LogP contribution in [-0.2, 0) is 9.59 Å². The summed E-state index contributed by atoms with van der Waals surface area (Å²) in [7, 11) is 0. The van der Waals surface area contributed by atoms with Crippen molar-refractivity contribution < 1.29 is 19.5 Å². The van der Waals surface area contributed by atoms with Crippen LogP contribution in [0.2, 0.25) is 0 Å². The van der Waals surface area contributed by atoms with E-state index in [0.717, 1.165) is 12.2 Å². The Hall–Kier alpha value is -2.43. The first-order valence-corrected chi connectivity index (χ1v) is 4.34. The molecule has 1 amide bonds. The predicted molar refractivity (Wildman–Crippen MR) is 55.4 cm³/mol. The van der Waals surface area contributed by atoms with E-state index in [-0.39, 0.29) is 5.56 Å². The van der Waals surface area contributed by atoms with E-state index >= 15 is 0 Å². The lowest BCUT2D eigenvalue weighted by atomic mass is 10.2. The Kier molecular flexibility index (Phi) is 3.97. The number of carboxylic acids is 1. The molecule has 0 aliphatic carbocycles. The monoisotopic (exact) mass is 218 g/mol. The van der Waals surface area contributed by atoms with Crippen molar-refractivity contribution >= 4 is 23.9 Å². The fourth-order valence-corrected chi connectivity index (χ4v) is 0.965. The van der Waals surface area contributed by atoms with Crippen molar-refractivity contribution in [1.29, 1.82) is 0 Å². The number of amides is 1. The predicted octanol–water partition coefficient (Wildman–Crippen LogP) is 0.902. The molecule has 0 bridgehead atoms. The van der Waals surface area contributed by atoms with Gasteiger partial charge in [0.15, 0.2) is 0 Å². The van der Waals surface area contributed by atoms with Crippen LogP contribution < -0.4 is 5.32 Å². The third-order valence-electron chi connectivity index (χ3n) is 1.67. The van der Waals surface area contributed by atoms with Gasteiger partial charge in [-0.25, -0.2) is 10.1 Å². The zero-order chi connectivity index (χ0) is 12.0. The lowest BCUT2D eigenvalue weighted by Crippen LogP contribution is -2.06. The highest BCUT2D eigenvalue weighted by Gasteiger charge is 2.04. The van der Waals surface area contributed by atoms with Gasteiger partial charge in [-0.2, -0.15) is 0 Å². The number of carboxylic acid groups (broad SMARTS) is 1. The van der Waals surface area contributed by atoms with Crippen molar-refractivity contribution in [1.82, 2.24) is 5.32 Å². The van der Waals surface area contributed by atoms with Crippen molar-refractivity contribution in [2.45, 2.75) is 0 Å². The zero-order valence-corrected chi connectivity index (χ0v) is 8.16. The van der Waals surface area contributed by atoms with Crippen LogP contribution in [0.25, 0.3) is 0 Å². The molecular formula is C11H8NO4. The maximum Gasteiger partial charge on any atom is 0.335 e. The quantitative estimate of drug-likeness (QED) is 0.601. The average molecular weight is 218 g/mol. The van der Waals surface area contributed by atoms with Gasteiger partial charge in [-0.05, 0) is 30.3 Å². The minimum Gasteiger partial charge on any atom is -0.478 e. The van der Waals surface area contributed by atoms with Gasteiger partial charge in [0.1, 0.15) is 6.29 Å². The summed E-state index contributed by atoms with van der Waals surface area (Å²) in [4.78, 5) is 31.5. The molecular weight excluding hydrogens is 210 g/mol. The molecule has 0 saturated carbocycles. The lowest BCUT2D eigenvalue weighted by Gasteiger charge is -1.98. The Balaban J connectivity index is 2.68. The number of hydrogen-bond donors (Lipinski definition) is 1. The molecule has 16 heavy (non-hydrogen) atoms. The van der Waals surface area contributed by atoms with Crippen LogP contribution >= 0.6 is 0 Å². The molecule has 0 aliphatic heterocycles. The topological polar surface area (TPSA) is 85.5 Å². The maximum atomic E-state index is 11.1. The number of aldehydes is 1. The fourth-order valence-electron chi connectivity index (χ4n) is 0.965. The minimum atomic E-state index is -1.04. The molecule has 1 aromatic carbocycles. The van der Waals surface area contributed by atoms with E-state index in [1.807, 2.05) is 0 Å². The van der Waals surface area contributed by atoms with E-state index < -0.39 is 11.9 Å². The molecule has 0 atom stereocenters. The Morgan fingerprint density at radius 2 is 1.81 bits per heavy atom. The largest absolute Gasteiger partial charge is 0.478 e. The Labute approximate surface area is 91.4 Å². The normalized spacial score (nSPS) is 10.0. The third kappa shape index (κ3) is 3.38. The zero-order valence-electron chi connectivity index (χ0n) is 8.16. The van der Waals surface area contributed by atoms with Crippen LogP contribution in [0, 0.1) is 0 Å². The molecule has 0 fully saturated rings. The number of hydrogen-bond acceptors (Lipinski definition) is 3. The van der Waals surface area contributed by atoms with E-state index in [0.29, 0.717) is 12.0 Å². The summed E-state index contributed by atoms with van der Waals surface area (Å²) in [6.45, 7) is 0. The third-order valence-corrected chi connectivity index (χ3v) is 1.67. The molecule has 0 unspecified atom stereocenters. The number of aromatic carboxylic acids is 1. The summed E-state index contributed by atoms with van der Waals surface area (Å²) in [6.07, 6.45) is 2.54. The van der Waals surface area contributed by atoms with Gasteiger partial charge in [-0.15, -0.1) is 0 Å². The SMILES string of the molecule is O=C/C=C\C(=O)[N]c1ccc(C(=O)O)cc1. The van der Waals surface area contributed by atoms with Crippen LogP contribution in [0.3, 0.4) is 0 Å². The summed E-state index contributed by atoms with van der Waals surface area (Å²) >= 11 is 0. The van der Waals surface area contributed by atoms with Crippen LogP contribution in [0.4, 0.5) is 5.69 Å². The van der Waals surface area contributed by atoms with Crippen molar-refractivity contribution in [3.05, 3.63) is 42.0 Å². The van der Waals surface area contributed by atoms with Gasteiger partial charge in [0.05, 0.1) is 11.3 Å².